The van der Waals surface area contributed by atoms with E-state index in [1.54, 1.807) is 69.6 Å². The number of Topliss-reactive ketones (excluding diaryl/α,β-unsaturated/α-hetero) is 2. The number of halogens is 4. The first-order chi connectivity index (χ1) is 53.7. The van der Waals surface area contributed by atoms with Gasteiger partial charge in [-0.2, -0.15) is 21.0 Å². The van der Waals surface area contributed by atoms with Crippen molar-refractivity contribution in [3.63, 3.8) is 0 Å². The second-order valence-electron chi connectivity index (χ2n) is 29.4. The highest BCUT2D eigenvalue weighted by molar-refractivity contribution is 7.37. The topological polar surface area (TPSA) is 129 Å². The maximum Gasteiger partial charge on any atom is 0.194 e. The van der Waals surface area contributed by atoms with Gasteiger partial charge in [-0.3, -0.25) is 9.59 Å². The van der Waals surface area contributed by atoms with E-state index in [1.807, 2.05) is 34.8 Å². The molecule has 6 aromatic carbocycles. The molecule has 0 saturated carbocycles. The van der Waals surface area contributed by atoms with E-state index in [-0.39, 0.29) is 65.1 Å². The predicted octanol–water partition coefficient (Wildman–Crippen LogP) is 29.5. The molecular weight excluding hydrogens is 1550 g/mol. The molecule has 6 heterocycles. The zero-order valence-corrected chi connectivity index (χ0v) is 69.5. The van der Waals surface area contributed by atoms with Gasteiger partial charge in [0.1, 0.15) is 35.4 Å². The Morgan fingerprint density at radius 2 is 0.618 bits per heavy atom. The highest BCUT2D eigenvalue weighted by atomic mass is 35.5. The Bertz CT molecular complexity index is 5540. The van der Waals surface area contributed by atoms with Crippen molar-refractivity contribution in [1.82, 2.24) is 0 Å². The second kappa shape index (κ2) is 31.7. The molecule has 0 amide bonds. The fraction of sp³-hybridized carbons (Fsp3) is 0.277. The molecule has 548 valence electrons. The molecule has 6 nitrogen and oxygen atoms in total. The van der Waals surface area contributed by atoms with Crippen molar-refractivity contribution >= 4 is 177 Å². The van der Waals surface area contributed by atoms with E-state index in [4.69, 9.17) is 46.4 Å². The van der Waals surface area contributed by atoms with E-state index < -0.39 is 10.8 Å². The van der Waals surface area contributed by atoms with Gasteiger partial charge in [-0.1, -0.05) is 248 Å². The number of carbonyl (C=O) groups is 2. The van der Waals surface area contributed by atoms with Crippen molar-refractivity contribution in [2.24, 2.45) is 0 Å². The molecule has 16 rings (SSSR count). The van der Waals surface area contributed by atoms with Gasteiger partial charge in [0, 0.05) is 74.8 Å². The van der Waals surface area contributed by atoms with Gasteiger partial charge in [0.25, 0.3) is 0 Å². The summed E-state index contributed by atoms with van der Waals surface area (Å²) in [5, 5.41) is 42.9. The summed E-state index contributed by atoms with van der Waals surface area (Å²) in [5.41, 5.74) is 15.3. The molecule has 4 aliphatic rings. The first kappa shape index (κ1) is 75.7. The summed E-state index contributed by atoms with van der Waals surface area (Å²) >= 11 is 37.3. The number of nitrogens with zero attached hydrogens (tertiary/aromatic N) is 4. The number of hydrogen-bond donors (Lipinski definition) is 0. The largest absolute Gasteiger partial charge is 0.289 e. The first-order valence-electron chi connectivity index (χ1n) is 38.4. The van der Waals surface area contributed by atoms with Crippen LogP contribution in [-0.2, 0) is 36.5 Å². The van der Waals surface area contributed by atoms with Crippen LogP contribution in [0.4, 0.5) is 0 Å². The molecule has 0 radical (unpaired) electrons. The van der Waals surface area contributed by atoms with Crippen LogP contribution >= 0.6 is 114 Å². The summed E-state index contributed by atoms with van der Waals surface area (Å²) in [6.07, 6.45) is 26.3. The van der Waals surface area contributed by atoms with E-state index in [0.29, 0.717) is 22.3 Å². The summed E-state index contributed by atoms with van der Waals surface area (Å²) in [6.45, 7) is 9.05. The summed E-state index contributed by atoms with van der Waals surface area (Å²) in [7, 11) is 0. The minimum Gasteiger partial charge on any atom is -0.289 e. The molecule has 6 aromatic heterocycles. The third-order valence-corrected chi connectivity index (χ3v) is 31.8. The lowest BCUT2D eigenvalue weighted by molar-refractivity contribution is 0.103. The summed E-state index contributed by atoms with van der Waals surface area (Å²) in [5.74, 6) is -0.649. The van der Waals surface area contributed by atoms with Crippen molar-refractivity contribution < 1.29 is 9.59 Å². The normalized spacial score (nSPS) is 14.9. The fourth-order valence-electron chi connectivity index (χ4n) is 17.4. The maximum atomic E-state index is 14.8. The van der Waals surface area contributed by atoms with Crippen LogP contribution in [0.1, 0.15) is 239 Å². The molecule has 110 heavy (non-hydrogen) atoms. The SMILES string of the molecule is CCCCCCc1ccc(C2(c3ccc(CCCCCC)cc3)c3c(sc4cc(/C=C5\C(=O)c6cc(Cl)c(Cl)cc6C5=C(C#N)C#N)sc34)-c3sc4c5c(sc4c32)-c2sc3cc(/C=C4\C(=O)c6cc(Cl)c(Cl)cc6C4=C(C#N)C#N)sc3c2C5(c2ccc(CCCCCC)cc2)c2ccc(CCCCCC)cc2)cc1. The van der Waals surface area contributed by atoms with Crippen molar-refractivity contribution in [3.05, 3.63) is 275 Å². The smallest absolute Gasteiger partial charge is 0.194 e. The number of rotatable bonds is 26. The zero-order valence-electron chi connectivity index (χ0n) is 61.6. The molecule has 0 unspecified atom stereocenters. The van der Waals surface area contributed by atoms with Gasteiger partial charge in [-0.25, -0.2) is 0 Å². The van der Waals surface area contributed by atoms with Crippen LogP contribution in [0.3, 0.4) is 0 Å². The number of nitriles is 4. The fourth-order valence-corrected chi connectivity index (χ4v) is 26.8. The summed E-state index contributed by atoms with van der Waals surface area (Å²) in [6, 6.07) is 57.4. The Morgan fingerprint density at radius 1 is 0.345 bits per heavy atom. The third kappa shape index (κ3) is 12.8. The Balaban J connectivity index is 0.970. The van der Waals surface area contributed by atoms with Crippen LogP contribution in [0, 0.1) is 45.3 Å². The van der Waals surface area contributed by atoms with Gasteiger partial charge < -0.3 is 0 Å². The molecule has 0 spiro atoms. The molecule has 16 heteroatoms. The first-order valence-corrected chi connectivity index (χ1v) is 44.8. The van der Waals surface area contributed by atoms with Gasteiger partial charge in [0.2, 0.25) is 0 Å². The lowest BCUT2D eigenvalue weighted by Crippen LogP contribution is -2.29. The number of ketones is 2. The van der Waals surface area contributed by atoms with E-state index in [1.165, 1.54) is 173 Å². The number of aryl methyl sites for hydroxylation is 4. The predicted molar refractivity (Wildman–Crippen MR) is 466 cm³/mol. The Kier molecular flexibility index (Phi) is 21.8. The standard InChI is InChI=1S/C94H76Cl4N4O2S6/c1-5-9-13-17-21-53-25-33-59(34-26-53)93(60-35-27-54(28-36-60)22-18-14-10-6-2)79-85-75(43-63(105-85)41-69-77(57(49-99)50-100)65-45-71(95)73(97)47-67(65)83(69)103)107-87(79)89-81(93)91-92(109-89)82-90(110-91)88-80(86-76(108-88)44-64(106-86)42-70-78(58(51-101)52-102)66-46-72(96)74(98)48-68(66)84(70)104)94(82,61-37-29-55(30-38-61)23-19-15-11-7-3)62-39-31-56(32-40-62)24-20-16-12-8-4/h25-48H,5-24H2,1-4H3/b69-41-,70-42-. The van der Waals surface area contributed by atoms with Gasteiger partial charge in [0.15, 0.2) is 11.6 Å². The van der Waals surface area contributed by atoms with Crippen LogP contribution < -0.4 is 0 Å². The number of fused-ring (bicyclic) bond motifs is 15. The monoisotopic (exact) mass is 1620 g/mol. The van der Waals surface area contributed by atoms with Crippen molar-refractivity contribution in [2.75, 3.05) is 0 Å². The number of benzene rings is 6. The molecule has 0 N–H and O–H groups in total. The molecule has 4 aliphatic carbocycles. The minimum atomic E-state index is -0.857. The molecule has 0 bridgehead atoms. The molecule has 0 saturated heterocycles. The molecule has 0 aliphatic heterocycles. The van der Waals surface area contributed by atoms with Crippen LogP contribution in [-0.4, -0.2) is 11.6 Å². The summed E-state index contributed by atoms with van der Waals surface area (Å²) < 4.78 is 6.89. The summed E-state index contributed by atoms with van der Waals surface area (Å²) in [4.78, 5) is 36.2. The number of thiophene rings is 6. The average Bonchev–Trinajstić information content (AvgIpc) is 1.48. The highest BCUT2D eigenvalue weighted by Gasteiger charge is 2.57. The number of unbranched alkanes of at least 4 members (excludes halogenated alkanes) is 12. The molecular formula is C94H76Cl4N4O2S6. The van der Waals surface area contributed by atoms with Crippen molar-refractivity contribution in [1.29, 1.82) is 21.0 Å². The lowest BCUT2D eigenvalue weighted by atomic mass is 9.67. The highest BCUT2D eigenvalue weighted by Crippen LogP contribution is 2.72. The Hall–Kier alpha value is -8.28. The number of hydrogen-bond acceptors (Lipinski definition) is 12. The quantitative estimate of drug-likeness (QED) is 0.0302. The van der Waals surface area contributed by atoms with Crippen LogP contribution in [0.5, 0.6) is 0 Å². The molecule has 0 atom stereocenters. The number of allylic oxidation sites excluding steroid dienone is 6. The second-order valence-corrected chi connectivity index (χ2v) is 37.4. The lowest BCUT2D eigenvalue weighted by Gasteiger charge is -2.34. The van der Waals surface area contributed by atoms with Gasteiger partial charge in [-0.05, 0) is 156 Å². The maximum absolute atomic E-state index is 14.8. The molecule has 12 aromatic rings. The van der Waals surface area contributed by atoms with E-state index >= 15 is 0 Å². The molecule has 0 fully saturated rings. The van der Waals surface area contributed by atoms with Gasteiger partial charge >= 0.3 is 0 Å². The Morgan fingerprint density at radius 3 is 0.900 bits per heavy atom. The van der Waals surface area contributed by atoms with Gasteiger partial charge in [0.05, 0.1) is 69.2 Å². The van der Waals surface area contributed by atoms with Crippen molar-refractivity contribution in [2.45, 2.75) is 167 Å². The van der Waals surface area contributed by atoms with E-state index in [9.17, 15) is 30.6 Å². The minimum absolute atomic E-state index is 0.175. The van der Waals surface area contributed by atoms with Gasteiger partial charge in [-0.15, -0.1) is 68.0 Å². The van der Waals surface area contributed by atoms with Crippen LogP contribution in [0.15, 0.2) is 156 Å². The number of carbonyl (C=O) groups excluding carboxylic acids is 2. The van der Waals surface area contributed by atoms with E-state index in [2.05, 4.69) is 161 Å². The van der Waals surface area contributed by atoms with Crippen molar-refractivity contribution in [3.8, 4) is 43.8 Å². The zero-order chi connectivity index (χ0) is 76.3. The third-order valence-electron chi connectivity index (χ3n) is 22.7. The Labute approximate surface area is 687 Å². The van der Waals surface area contributed by atoms with E-state index in [0.717, 1.165) is 79.9 Å². The average molecular weight is 1630 g/mol. The van der Waals surface area contributed by atoms with Crippen LogP contribution in [0.25, 0.3) is 71.0 Å². The van der Waals surface area contributed by atoms with Crippen LogP contribution in [0.2, 0.25) is 20.1 Å².